The minimum atomic E-state index is -0.106. The molecule has 2 aromatic carbocycles. The fourth-order valence-electron chi connectivity index (χ4n) is 2.57. The van der Waals surface area contributed by atoms with Crippen LogP contribution in [0.4, 0.5) is 0 Å². The lowest BCUT2D eigenvalue weighted by Gasteiger charge is -2.05. The van der Waals surface area contributed by atoms with Gasteiger partial charge in [-0.25, -0.2) is 9.97 Å². The molecule has 1 aliphatic carbocycles. The summed E-state index contributed by atoms with van der Waals surface area (Å²) in [6.07, 6.45) is 0. The molecular formula is C17H9ClN2O. The number of carbonyl (C=O) groups is 1. The van der Waals surface area contributed by atoms with Gasteiger partial charge in [-0.2, -0.15) is 0 Å². The molecule has 21 heavy (non-hydrogen) atoms. The highest BCUT2D eigenvalue weighted by molar-refractivity contribution is 6.36. The molecule has 0 atom stereocenters. The predicted molar refractivity (Wildman–Crippen MR) is 81.3 cm³/mol. The van der Waals surface area contributed by atoms with E-state index in [9.17, 15) is 4.79 Å². The van der Waals surface area contributed by atoms with Crippen molar-refractivity contribution in [2.75, 3.05) is 0 Å². The van der Waals surface area contributed by atoms with E-state index in [1.807, 2.05) is 48.5 Å². The number of halogens is 1. The minimum Gasteiger partial charge on any atom is -0.288 e. The van der Waals surface area contributed by atoms with Crippen LogP contribution >= 0.6 is 11.6 Å². The minimum absolute atomic E-state index is 0.106. The van der Waals surface area contributed by atoms with Crippen LogP contribution in [0.3, 0.4) is 0 Å². The molecule has 0 N–H and O–H groups in total. The Labute approximate surface area is 126 Å². The highest BCUT2D eigenvalue weighted by atomic mass is 35.5. The van der Waals surface area contributed by atoms with Crippen molar-refractivity contribution in [1.82, 2.24) is 9.97 Å². The van der Waals surface area contributed by atoms with E-state index in [1.165, 1.54) is 0 Å². The Balaban J connectivity index is 2.00. The van der Waals surface area contributed by atoms with Crippen molar-refractivity contribution in [2.45, 2.75) is 0 Å². The Morgan fingerprint density at radius 1 is 0.810 bits per heavy atom. The summed E-state index contributed by atoms with van der Waals surface area (Å²) in [6, 6.07) is 17.0. The van der Waals surface area contributed by atoms with Gasteiger partial charge in [0, 0.05) is 16.7 Å². The maximum Gasteiger partial charge on any atom is 0.199 e. The first-order valence-corrected chi connectivity index (χ1v) is 6.90. The summed E-state index contributed by atoms with van der Waals surface area (Å²) in [4.78, 5) is 21.2. The van der Waals surface area contributed by atoms with Crippen LogP contribution < -0.4 is 0 Å². The van der Waals surface area contributed by atoms with Crippen molar-refractivity contribution in [3.8, 4) is 22.6 Å². The quantitative estimate of drug-likeness (QED) is 0.498. The molecule has 1 aromatic heterocycles. The molecule has 100 valence electrons. The molecule has 3 nitrogen and oxygen atoms in total. The number of aromatic nitrogens is 2. The normalized spacial score (nSPS) is 12.1. The van der Waals surface area contributed by atoms with Gasteiger partial charge in [-0.1, -0.05) is 66.2 Å². The summed E-state index contributed by atoms with van der Waals surface area (Å²) >= 11 is 6.24. The zero-order chi connectivity index (χ0) is 14.4. The van der Waals surface area contributed by atoms with Crippen LogP contribution in [0.1, 0.15) is 15.9 Å². The number of benzene rings is 2. The van der Waals surface area contributed by atoms with E-state index >= 15 is 0 Å². The van der Waals surface area contributed by atoms with Gasteiger partial charge in [0.1, 0.15) is 5.15 Å². The van der Waals surface area contributed by atoms with Crippen LogP contribution in [-0.4, -0.2) is 15.8 Å². The predicted octanol–water partition coefficient (Wildman–Crippen LogP) is 4.01. The topological polar surface area (TPSA) is 42.9 Å². The van der Waals surface area contributed by atoms with Crippen LogP contribution in [0, 0.1) is 0 Å². The van der Waals surface area contributed by atoms with Crippen molar-refractivity contribution < 1.29 is 4.79 Å². The fourth-order valence-corrected chi connectivity index (χ4v) is 2.82. The van der Waals surface area contributed by atoms with Crippen molar-refractivity contribution in [3.05, 3.63) is 70.9 Å². The van der Waals surface area contributed by atoms with Crippen LogP contribution in [-0.2, 0) is 0 Å². The van der Waals surface area contributed by atoms with Crippen LogP contribution in [0.25, 0.3) is 22.6 Å². The Morgan fingerprint density at radius 3 is 2.24 bits per heavy atom. The molecule has 0 radical (unpaired) electrons. The summed E-state index contributed by atoms with van der Waals surface area (Å²) in [5.74, 6) is 0.425. The maximum atomic E-state index is 12.4. The molecule has 1 heterocycles. The highest BCUT2D eigenvalue weighted by Crippen LogP contribution is 2.38. The first-order valence-electron chi connectivity index (χ1n) is 6.53. The zero-order valence-corrected chi connectivity index (χ0v) is 11.6. The summed E-state index contributed by atoms with van der Waals surface area (Å²) in [6.45, 7) is 0. The zero-order valence-electron chi connectivity index (χ0n) is 10.9. The van der Waals surface area contributed by atoms with E-state index in [1.54, 1.807) is 6.07 Å². The largest absolute Gasteiger partial charge is 0.288 e. The molecule has 4 rings (SSSR count). The van der Waals surface area contributed by atoms with Crippen LogP contribution in [0.5, 0.6) is 0 Å². The molecule has 1 aliphatic rings. The van der Waals surface area contributed by atoms with Gasteiger partial charge in [0.25, 0.3) is 0 Å². The van der Waals surface area contributed by atoms with Gasteiger partial charge in [-0.3, -0.25) is 4.79 Å². The Bertz CT molecular complexity index is 875. The SMILES string of the molecule is O=C1c2ccccc2-c2nc(-c3ccccc3)nc(Cl)c21. The molecular weight excluding hydrogens is 284 g/mol. The molecule has 0 bridgehead atoms. The molecule has 0 aliphatic heterocycles. The Kier molecular flexibility index (Phi) is 2.62. The van der Waals surface area contributed by atoms with E-state index < -0.39 is 0 Å². The summed E-state index contributed by atoms with van der Waals surface area (Å²) < 4.78 is 0. The molecule has 0 spiro atoms. The fraction of sp³-hybridized carbons (Fsp3) is 0. The summed E-state index contributed by atoms with van der Waals surface area (Å²) in [5.41, 5.74) is 3.35. The van der Waals surface area contributed by atoms with Crippen molar-refractivity contribution in [1.29, 1.82) is 0 Å². The second-order valence-corrected chi connectivity index (χ2v) is 5.16. The van der Waals surface area contributed by atoms with Gasteiger partial charge in [0.05, 0.1) is 11.3 Å². The number of nitrogens with zero attached hydrogens (tertiary/aromatic N) is 2. The molecule has 3 aromatic rings. The van der Waals surface area contributed by atoms with E-state index in [0.29, 0.717) is 22.6 Å². The van der Waals surface area contributed by atoms with E-state index in [4.69, 9.17) is 11.6 Å². The summed E-state index contributed by atoms with van der Waals surface area (Å²) in [5, 5.41) is 0.208. The number of carbonyl (C=O) groups excluding carboxylic acids is 1. The number of ketones is 1. The summed E-state index contributed by atoms with van der Waals surface area (Å²) in [7, 11) is 0. The molecule has 0 amide bonds. The van der Waals surface area contributed by atoms with Crippen molar-refractivity contribution in [3.63, 3.8) is 0 Å². The smallest absolute Gasteiger partial charge is 0.199 e. The third kappa shape index (κ3) is 1.78. The average molecular weight is 293 g/mol. The highest BCUT2D eigenvalue weighted by Gasteiger charge is 2.31. The lowest BCUT2D eigenvalue weighted by Crippen LogP contribution is -2.00. The Morgan fingerprint density at radius 2 is 1.48 bits per heavy atom. The molecule has 0 unspecified atom stereocenters. The number of hydrogen-bond donors (Lipinski definition) is 0. The standard InChI is InChI=1S/C17H9ClN2O/c18-16-13-14(11-8-4-5-9-12(11)15(13)21)19-17(20-16)10-6-2-1-3-7-10/h1-9H. The van der Waals surface area contributed by atoms with Gasteiger partial charge in [0.2, 0.25) is 0 Å². The number of fused-ring (bicyclic) bond motifs is 3. The lowest BCUT2D eigenvalue weighted by atomic mass is 10.1. The van der Waals surface area contributed by atoms with Gasteiger partial charge in [-0.05, 0) is 0 Å². The van der Waals surface area contributed by atoms with Crippen LogP contribution in [0.15, 0.2) is 54.6 Å². The monoisotopic (exact) mass is 292 g/mol. The number of hydrogen-bond acceptors (Lipinski definition) is 3. The Hall–Kier alpha value is -2.52. The third-order valence-electron chi connectivity index (χ3n) is 3.55. The van der Waals surface area contributed by atoms with Gasteiger partial charge in [0.15, 0.2) is 11.6 Å². The van der Waals surface area contributed by atoms with Crippen LogP contribution in [0.2, 0.25) is 5.15 Å². The molecule has 0 saturated heterocycles. The first-order chi connectivity index (χ1) is 10.3. The molecule has 0 saturated carbocycles. The van der Waals surface area contributed by atoms with Gasteiger partial charge < -0.3 is 0 Å². The third-order valence-corrected chi connectivity index (χ3v) is 3.82. The second-order valence-electron chi connectivity index (χ2n) is 4.80. The average Bonchev–Trinajstić information content (AvgIpc) is 2.82. The van der Waals surface area contributed by atoms with Gasteiger partial charge >= 0.3 is 0 Å². The van der Waals surface area contributed by atoms with Gasteiger partial charge in [-0.15, -0.1) is 0 Å². The van der Waals surface area contributed by atoms with E-state index in [2.05, 4.69) is 9.97 Å². The van der Waals surface area contributed by atoms with Crippen molar-refractivity contribution >= 4 is 17.4 Å². The van der Waals surface area contributed by atoms with E-state index in [-0.39, 0.29) is 10.9 Å². The van der Waals surface area contributed by atoms with Crippen molar-refractivity contribution in [2.24, 2.45) is 0 Å². The second kappa shape index (κ2) is 4.50. The van der Waals surface area contributed by atoms with E-state index in [0.717, 1.165) is 11.1 Å². The molecule has 4 heteroatoms. The lowest BCUT2D eigenvalue weighted by molar-refractivity contribution is 0.104. The molecule has 0 fully saturated rings. The first kappa shape index (κ1) is 12.2. The number of rotatable bonds is 1. The maximum absolute atomic E-state index is 12.4.